The maximum atomic E-state index is 12.1. The third-order valence-electron chi connectivity index (χ3n) is 4.04. The van der Waals surface area contributed by atoms with Gasteiger partial charge in [0.15, 0.2) is 0 Å². The molecular weight excluding hydrogens is 288 g/mol. The number of ether oxygens (including phenoxy) is 1. The first-order chi connectivity index (χ1) is 9.95. The van der Waals surface area contributed by atoms with Crippen molar-refractivity contribution in [1.29, 1.82) is 0 Å². The number of benzene rings is 1. The Hall–Kier alpha value is -1.26. The second-order valence-corrected chi connectivity index (χ2v) is 6.17. The lowest BCUT2D eigenvalue weighted by Gasteiger charge is -2.43. The van der Waals surface area contributed by atoms with Crippen LogP contribution in [0.2, 0.25) is 5.02 Å². The third-order valence-corrected chi connectivity index (χ3v) is 4.29. The second kappa shape index (κ2) is 6.67. The molecule has 2 rings (SSSR count). The van der Waals surface area contributed by atoms with Crippen LogP contribution in [-0.2, 0) is 9.53 Å². The summed E-state index contributed by atoms with van der Waals surface area (Å²) in [6, 6.07) is 7.89. The molecule has 1 aromatic carbocycles. The Bertz CT molecular complexity index is 480. The van der Waals surface area contributed by atoms with Crippen LogP contribution in [0.4, 0.5) is 5.69 Å². The van der Waals surface area contributed by atoms with Gasteiger partial charge in [-0.3, -0.25) is 9.69 Å². The monoisotopic (exact) mass is 310 g/mol. The Labute approximate surface area is 131 Å². The van der Waals surface area contributed by atoms with Crippen molar-refractivity contribution in [3.63, 3.8) is 0 Å². The molecule has 1 aromatic rings. The zero-order chi connectivity index (χ0) is 15.5. The summed E-state index contributed by atoms with van der Waals surface area (Å²) in [6.45, 7) is 9.60. The third kappa shape index (κ3) is 3.69. The summed E-state index contributed by atoms with van der Waals surface area (Å²) in [5.74, 6) is -0.148. The van der Waals surface area contributed by atoms with E-state index in [1.165, 1.54) is 5.69 Å². The standard InChI is InChI=1S/C16H23ClN2O2/c1-4-21-15(20)16(2,3)19-11-9-18(10-12-19)14-7-5-13(17)6-8-14/h5-8H,4,9-12H2,1-3H3. The molecule has 0 spiro atoms. The van der Waals surface area contributed by atoms with E-state index in [1.807, 2.05) is 45.0 Å². The molecule has 1 fully saturated rings. The van der Waals surface area contributed by atoms with Crippen LogP contribution in [0, 0.1) is 0 Å². The molecule has 0 unspecified atom stereocenters. The number of carbonyl (C=O) groups excluding carboxylic acids is 1. The number of piperazine rings is 1. The average Bonchev–Trinajstić information content (AvgIpc) is 2.48. The Morgan fingerprint density at radius 1 is 1.19 bits per heavy atom. The van der Waals surface area contributed by atoms with Crippen molar-refractivity contribution >= 4 is 23.3 Å². The fourth-order valence-corrected chi connectivity index (χ4v) is 2.74. The van der Waals surface area contributed by atoms with Gasteiger partial charge in [0.1, 0.15) is 5.54 Å². The van der Waals surface area contributed by atoms with E-state index in [0.717, 1.165) is 31.2 Å². The maximum absolute atomic E-state index is 12.1. The molecule has 21 heavy (non-hydrogen) atoms. The van der Waals surface area contributed by atoms with Crippen LogP contribution in [0.25, 0.3) is 0 Å². The van der Waals surface area contributed by atoms with Crippen LogP contribution in [0.1, 0.15) is 20.8 Å². The highest BCUT2D eigenvalue weighted by molar-refractivity contribution is 6.30. The minimum Gasteiger partial charge on any atom is -0.465 e. The van der Waals surface area contributed by atoms with Crippen LogP contribution in [-0.4, -0.2) is 49.2 Å². The van der Waals surface area contributed by atoms with Gasteiger partial charge in [-0.25, -0.2) is 0 Å². The molecule has 1 aliphatic heterocycles. The fraction of sp³-hybridized carbons (Fsp3) is 0.562. The predicted octanol–water partition coefficient (Wildman–Crippen LogP) is 2.80. The number of rotatable bonds is 4. The average molecular weight is 311 g/mol. The molecule has 1 heterocycles. The number of hydrogen-bond acceptors (Lipinski definition) is 4. The van der Waals surface area contributed by atoms with Crippen LogP contribution >= 0.6 is 11.6 Å². The normalized spacial score (nSPS) is 16.9. The number of carbonyl (C=O) groups is 1. The van der Waals surface area contributed by atoms with Crippen molar-refractivity contribution in [3.05, 3.63) is 29.3 Å². The van der Waals surface area contributed by atoms with E-state index >= 15 is 0 Å². The van der Waals surface area contributed by atoms with Gasteiger partial charge in [-0.15, -0.1) is 0 Å². The Morgan fingerprint density at radius 2 is 1.76 bits per heavy atom. The summed E-state index contributed by atoms with van der Waals surface area (Å²) in [5, 5.41) is 0.751. The summed E-state index contributed by atoms with van der Waals surface area (Å²) >= 11 is 5.92. The maximum Gasteiger partial charge on any atom is 0.325 e. The quantitative estimate of drug-likeness (QED) is 0.801. The summed E-state index contributed by atoms with van der Waals surface area (Å²) < 4.78 is 5.18. The van der Waals surface area contributed by atoms with E-state index in [-0.39, 0.29) is 5.97 Å². The summed E-state index contributed by atoms with van der Waals surface area (Å²) in [7, 11) is 0. The summed E-state index contributed by atoms with van der Waals surface area (Å²) in [5.41, 5.74) is 0.607. The molecule has 0 amide bonds. The van der Waals surface area contributed by atoms with Crippen molar-refractivity contribution < 1.29 is 9.53 Å². The van der Waals surface area contributed by atoms with Gasteiger partial charge in [0, 0.05) is 36.9 Å². The second-order valence-electron chi connectivity index (χ2n) is 5.73. The zero-order valence-electron chi connectivity index (χ0n) is 12.9. The van der Waals surface area contributed by atoms with E-state index < -0.39 is 5.54 Å². The van der Waals surface area contributed by atoms with Gasteiger partial charge in [0.25, 0.3) is 0 Å². The molecule has 0 radical (unpaired) electrons. The lowest BCUT2D eigenvalue weighted by atomic mass is 10.0. The highest BCUT2D eigenvalue weighted by Crippen LogP contribution is 2.23. The van der Waals surface area contributed by atoms with Gasteiger partial charge in [-0.1, -0.05) is 11.6 Å². The number of hydrogen-bond donors (Lipinski definition) is 0. The van der Waals surface area contributed by atoms with Gasteiger partial charge in [-0.05, 0) is 45.0 Å². The number of halogens is 1. The molecule has 1 aliphatic rings. The minimum absolute atomic E-state index is 0.148. The van der Waals surface area contributed by atoms with E-state index in [1.54, 1.807) is 0 Å². The molecule has 5 heteroatoms. The lowest BCUT2D eigenvalue weighted by Crippen LogP contribution is -2.58. The van der Waals surface area contributed by atoms with Crippen LogP contribution in [0.3, 0.4) is 0 Å². The SMILES string of the molecule is CCOC(=O)C(C)(C)N1CCN(c2ccc(Cl)cc2)CC1. The number of esters is 1. The molecule has 0 N–H and O–H groups in total. The first-order valence-corrected chi connectivity index (χ1v) is 7.75. The highest BCUT2D eigenvalue weighted by atomic mass is 35.5. The van der Waals surface area contributed by atoms with Crippen molar-refractivity contribution in [1.82, 2.24) is 4.90 Å². The topological polar surface area (TPSA) is 32.8 Å². The summed E-state index contributed by atoms with van der Waals surface area (Å²) in [6.07, 6.45) is 0. The highest BCUT2D eigenvalue weighted by Gasteiger charge is 2.37. The van der Waals surface area contributed by atoms with E-state index in [2.05, 4.69) is 9.80 Å². The predicted molar refractivity (Wildman–Crippen MR) is 86.0 cm³/mol. The molecule has 4 nitrogen and oxygen atoms in total. The van der Waals surface area contributed by atoms with Gasteiger partial charge >= 0.3 is 5.97 Å². The van der Waals surface area contributed by atoms with Crippen LogP contribution in [0.5, 0.6) is 0 Å². The lowest BCUT2D eigenvalue weighted by molar-refractivity contribution is -0.156. The first-order valence-electron chi connectivity index (χ1n) is 7.38. The molecule has 0 aliphatic carbocycles. The molecule has 0 aromatic heterocycles. The largest absolute Gasteiger partial charge is 0.465 e. The van der Waals surface area contributed by atoms with Crippen LogP contribution in [0.15, 0.2) is 24.3 Å². The van der Waals surface area contributed by atoms with Gasteiger partial charge in [0.05, 0.1) is 6.61 Å². The van der Waals surface area contributed by atoms with Gasteiger partial charge in [-0.2, -0.15) is 0 Å². The van der Waals surface area contributed by atoms with Crippen LogP contribution < -0.4 is 4.90 Å². The first kappa shape index (κ1) is 16.1. The minimum atomic E-state index is -0.567. The van der Waals surface area contributed by atoms with Gasteiger partial charge in [0.2, 0.25) is 0 Å². The number of nitrogens with zero attached hydrogens (tertiary/aromatic N) is 2. The Balaban J connectivity index is 1.96. The smallest absolute Gasteiger partial charge is 0.325 e. The van der Waals surface area contributed by atoms with Crippen molar-refractivity contribution in [2.75, 3.05) is 37.7 Å². The Kier molecular flexibility index (Phi) is 5.12. The van der Waals surface area contributed by atoms with Crippen molar-refractivity contribution in [2.45, 2.75) is 26.3 Å². The number of anilines is 1. The summed E-state index contributed by atoms with van der Waals surface area (Å²) in [4.78, 5) is 16.6. The molecule has 0 atom stereocenters. The molecule has 0 saturated carbocycles. The molecular formula is C16H23ClN2O2. The Morgan fingerprint density at radius 3 is 2.29 bits per heavy atom. The van der Waals surface area contributed by atoms with E-state index in [4.69, 9.17) is 16.3 Å². The zero-order valence-corrected chi connectivity index (χ0v) is 13.7. The van der Waals surface area contributed by atoms with E-state index in [9.17, 15) is 4.79 Å². The van der Waals surface area contributed by atoms with Gasteiger partial charge < -0.3 is 9.64 Å². The molecule has 1 saturated heterocycles. The van der Waals surface area contributed by atoms with Crippen molar-refractivity contribution in [3.8, 4) is 0 Å². The molecule has 0 bridgehead atoms. The van der Waals surface area contributed by atoms with Crippen molar-refractivity contribution in [2.24, 2.45) is 0 Å². The fourth-order valence-electron chi connectivity index (χ4n) is 2.61. The van der Waals surface area contributed by atoms with E-state index in [0.29, 0.717) is 6.61 Å². The molecule has 116 valence electrons.